The number of nitrogens with zero attached hydrogens (tertiary/aromatic N) is 1. The second-order valence-electron chi connectivity index (χ2n) is 5.05. The maximum absolute atomic E-state index is 12.0. The van der Waals surface area contributed by atoms with Gasteiger partial charge in [-0.2, -0.15) is 0 Å². The monoisotopic (exact) mass is 330 g/mol. The van der Waals surface area contributed by atoms with Crippen molar-refractivity contribution in [3.8, 4) is 0 Å². The van der Waals surface area contributed by atoms with Crippen LogP contribution >= 0.6 is 0 Å². The number of aromatic amines is 1. The van der Waals surface area contributed by atoms with Crippen LogP contribution in [0.4, 0.5) is 16.2 Å². The van der Waals surface area contributed by atoms with Gasteiger partial charge in [0.05, 0.1) is 0 Å². The quantitative estimate of drug-likeness (QED) is 0.538. The highest BCUT2D eigenvalue weighted by atomic mass is 16.2. The maximum Gasteiger partial charge on any atom is 0.319 e. The summed E-state index contributed by atoms with van der Waals surface area (Å²) < 4.78 is 0. The zero-order valence-electron chi connectivity index (χ0n) is 13.1. The van der Waals surface area contributed by atoms with Crippen LogP contribution in [-0.4, -0.2) is 34.4 Å². The van der Waals surface area contributed by atoms with Gasteiger partial charge in [-0.1, -0.05) is 6.07 Å². The van der Waals surface area contributed by atoms with Gasteiger partial charge in [-0.25, -0.2) is 9.78 Å². The summed E-state index contributed by atoms with van der Waals surface area (Å²) >= 11 is 0. The van der Waals surface area contributed by atoms with Gasteiger partial charge in [-0.15, -0.1) is 0 Å². The van der Waals surface area contributed by atoms with Crippen LogP contribution < -0.4 is 21.7 Å². The van der Waals surface area contributed by atoms with Crippen LogP contribution in [0.1, 0.15) is 22.7 Å². The summed E-state index contributed by atoms with van der Waals surface area (Å²) in [5.41, 5.74) is 6.76. The van der Waals surface area contributed by atoms with Gasteiger partial charge in [-0.05, 0) is 25.1 Å². The first-order chi connectivity index (χ1) is 11.4. The number of carbonyl (C=O) groups is 3. The zero-order chi connectivity index (χ0) is 17.5. The third-order valence-electron chi connectivity index (χ3n) is 2.95. The summed E-state index contributed by atoms with van der Waals surface area (Å²) in [6.45, 7) is 1.95. The average molecular weight is 330 g/mol. The summed E-state index contributed by atoms with van der Waals surface area (Å²) in [5.74, 6) is -0.672. The molecule has 9 heteroatoms. The maximum atomic E-state index is 12.0. The fourth-order valence-electron chi connectivity index (χ4n) is 1.87. The SMILES string of the molecule is Cc1cnc(C(=O)Nc2cccc(NC(=O)NCCC(N)=O)c2)[nH]1. The Morgan fingerprint density at radius 2 is 1.92 bits per heavy atom. The van der Waals surface area contributed by atoms with Gasteiger partial charge in [0.15, 0.2) is 5.82 Å². The molecule has 9 nitrogen and oxygen atoms in total. The van der Waals surface area contributed by atoms with E-state index >= 15 is 0 Å². The van der Waals surface area contributed by atoms with E-state index in [1.807, 2.05) is 0 Å². The Hall–Kier alpha value is -3.36. The summed E-state index contributed by atoms with van der Waals surface area (Å²) in [6, 6.07) is 6.16. The van der Waals surface area contributed by atoms with E-state index in [1.54, 1.807) is 37.4 Å². The van der Waals surface area contributed by atoms with Crippen LogP contribution in [0, 0.1) is 6.92 Å². The van der Waals surface area contributed by atoms with Gasteiger partial charge < -0.3 is 26.7 Å². The Labute approximate surface area is 138 Å². The van der Waals surface area contributed by atoms with E-state index in [0.29, 0.717) is 11.4 Å². The predicted octanol–water partition coefficient (Wildman–Crippen LogP) is 0.967. The van der Waals surface area contributed by atoms with Gasteiger partial charge in [0, 0.05) is 36.2 Å². The lowest BCUT2D eigenvalue weighted by atomic mass is 10.2. The zero-order valence-corrected chi connectivity index (χ0v) is 13.1. The van der Waals surface area contributed by atoms with Crippen LogP contribution in [0.3, 0.4) is 0 Å². The fraction of sp³-hybridized carbons (Fsp3) is 0.200. The van der Waals surface area contributed by atoms with Crippen molar-refractivity contribution < 1.29 is 14.4 Å². The Bertz CT molecular complexity index is 755. The summed E-state index contributed by atoms with van der Waals surface area (Å²) in [4.78, 5) is 41.1. The number of nitrogens with one attached hydrogen (secondary N) is 4. The number of imidazole rings is 1. The van der Waals surface area contributed by atoms with Crippen molar-refractivity contribution in [3.63, 3.8) is 0 Å². The molecule has 0 saturated carbocycles. The van der Waals surface area contributed by atoms with Gasteiger partial charge in [0.25, 0.3) is 5.91 Å². The summed E-state index contributed by atoms with van der Waals surface area (Å²) in [6.07, 6.45) is 1.62. The first-order valence-corrected chi connectivity index (χ1v) is 7.20. The molecule has 2 rings (SSSR count). The molecule has 2 aromatic rings. The molecule has 0 unspecified atom stereocenters. The molecule has 0 saturated heterocycles. The highest BCUT2D eigenvalue weighted by Gasteiger charge is 2.10. The third-order valence-corrected chi connectivity index (χ3v) is 2.95. The first-order valence-electron chi connectivity index (χ1n) is 7.20. The molecule has 0 fully saturated rings. The second-order valence-corrected chi connectivity index (χ2v) is 5.05. The number of hydrogen-bond donors (Lipinski definition) is 5. The summed E-state index contributed by atoms with van der Waals surface area (Å²) in [7, 11) is 0. The van der Waals surface area contributed by atoms with E-state index in [4.69, 9.17) is 5.73 Å². The number of primary amides is 1. The lowest BCUT2D eigenvalue weighted by Gasteiger charge is -2.09. The van der Waals surface area contributed by atoms with E-state index in [-0.39, 0.29) is 24.7 Å². The number of carbonyl (C=O) groups excluding carboxylic acids is 3. The standard InChI is InChI=1S/C15H18N6O3/c1-9-8-18-13(19-9)14(23)20-10-3-2-4-11(7-10)21-15(24)17-6-5-12(16)22/h2-4,7-8H,5-6H2,1H3,(H2,16,22)(H,18,19)(H,20,23)(H2,17,21,24). The van der Waals surface area contributed by atoms with E-state index in [2.05, 4.69) is 25.9 Å². The van der Waals surface area contributed by atoms with E-state index in [1.165, 1.54) is 0 Å². The molecule has 1 heterocycles. The molecule has 0 atom stereocenters. The molecule has 126 valence electrons. The fourth-order valence-corrected chi connectivity index (χ4v) is 1.87. The normalized spacial score (nSPS) is 10.0. The number of urea groups is 1. The number of H-pyrrole nitrogens is 1. The summed E-state index contributed by atoms with van der Waals surface area (Å²) in [5, 5.41) is 7.77. The Balaban J connectivity index is 1.92. The van der Waals surface area contributed by atoms with Gasteiger partial charge >= 0.3 is 6.03 Å². The minimum Gasteiger partial charge on any atom is -0.370 e. The molecule has 0 aliphatic carbocycles. The molecular formula is C15H18N6O3. The molecule has 1 aromatic carbocycles. The van der Waals surface area contributed by atoms with Gasteiger partial charge in [-0.3, -0.25) is 9.59 Å². The smallest absolute Gasteiger partial charge is 0.319 e. The van der Waals surface area contributed by atoms with Crippen LogP contribution in [-0.2, 0) is 4.79 Å². The number of hydrogen-bond acceptors (Lipinski definition) is 4. The van der Waals surface area contributed by atoms with Crippen LogP contribution in [0.15, 0.2) is 30.5 Å². The van der Waals surface area contributed by atoms with Gasteiger partial charge in [0.2, 0.25) is 5.91 Å². The number of amides is 4. The predicted molar refractivity (Wildman–Crippen MR) is 88.6 cm³/mol. The van der Waals surface area contributed by atoms with Crippen LogP contribution in [0.2, 0.25) is 0 Å². The largest absolute Gasteiger partial charge is 0.370 e. The number of aryl methyl sites for hydroxylation is 1. The van der Waals surface area contributed by atoms with Crippen molar-refractivity contribution in [3.05, 3.63) is 42.0 Å². The Morgan fingerprint density at radius 1 is 1.21 bits per heavy atom. The molecule has 0 aliphatic heterocycles. The molecule has 4 amide bonds. The molecule has 0 aliphatic rings. The van der Waals surface area contributed by atoms with Crippen LogP contribution in [0.5, 0.6) is 0 Å². The topological polar surface area (TPSA) is 142 Å². The lowest BCUT2D eigenvalue weighted by molar-refractivity contribution is -0.117. The first kappa shape index (κ1) is 17.0. The van der Waals surface area contributed by atoms with Gasteiger partial charge in [0.1, 0.15) is 0 Å². The highest BCUT2D eigenvalue weighted by molar-refractivity contribution is 6.02. The molecule has 0 bridgehead atoms. The van der Waals surface area contributed by atoms with Crippen molar-refractivity contribution in [1.29, 1.82) is 0 Å². The minimum atomic E-state index is -0.492. The minimum absolute atomic E-state index is 0.0616. The van der Waals surface area contributed by atoms with Crippen molar-refractivity contribution in [2.45, 2.75) is 13.3 Å². The average Bonchev–Trinajstić information content (AvgIpc) is 2.94. The Kier molecular flexibility index (Phi) is 5.50. The Morgan fingerprint density at radius 3 is 2.54 bits per heavy atom. The van der Waals surface area contributed by atoms with Crippen molar-refractivity contribution in [2.75, 3.05) is 17.2 Å². The van der Waals surface area contributed by atoms with E-state index in [9.17, 15) is 14.4 Å². The second kappa shape index (κ2) is 7.77. The van der Waals surface area contributed by atoms with E-state index < -0.39 is 11.9 Å². The number of rotatable bonds is 6. The molecule has 6 N–H and O–H groups in total. The van der Waals surface area contributed by atoms with Crippen molar-refractivity contribution in [1.82, 2.24) is 15.3 Å². The number of aromatic nitrogens is 2. The van der Waals surface area contributed by atoms with Crippen molar-refractivity contribution in [2.24, 2.45) is 5.73 Å². The molecular weight excluding hydrogens is 312 g/mol. The molecule has 0 spiro atoms. The van der Waals surface area contributed by atoms with E-state index in [0.717, 1.165) is 5.69 Å². The van der Waals surface area contributed by atoms with Crippen LogP contribution in [0.25, 0.3) is 0 Å². The molecule has 1 aromatic heterocycles. The number of nitrogens with two attached hydrogens (primary N) is 1. The van der Waals surface area contributed by atoms with Crippen molar-refractivity contribution >= 4 is 29.2 Å². The number of benzene rings is 1. The molecule has 0 radical (unpaired) electrons. The lowest BCUT2D eigenvalue weighted by Crippen LogP contribution is -2.31. The third kappa shape index (κ3) is 5.13. The molecule has 24 heavy (non-hydrogen) atoms. The highest BCUT2D eigenvalue weighted by Crippen LogP contribution is 2.15. The number of anilines is 2.